The number of benzene rings is 3. The summed E-state index contributed by atoms with van der Waals surface area (Å²) in [5, 5.41) is 17.6. The number of nitrogens with one attached hydrogen (secondary N) is 2. The lowest BCUT2D eigenvalue weighted by Gasteiger charge is -2.10. The summed E-state index contributed by atoms with van der Waals surface area (Å²) < 4.78 is 0.688. The normalized spacial score (nSPS) is 10.7. The van der Waals surface area contributed by atoms with E-state index < -0.39 is 0 Å². The molecule has 0 bridgehead atoms. The highest BCUT2D eigenvalue weighted by Crippen LogP contribution is 2.44. The number of fused-ring (bicyclic) bond motifs is 1. The van der Waals surface area contributed by atoms with E-state index in [0.717, 1.165) is 22.4 Å². The van der Waals surface area contributed by atoms with Crippen molar-refractivity contribution in [3.05, 3.63) is 106 Å². The molecule has 1 amide bonds. The largest absolute Gasteiger partial charge is 0.383 e. The third kappa shape index (κ3) is 4.98. The molecule has 6 nitrogen and oxygen atoms in total. The first-order valence-corrected chi connectivity index (χ1v) is 12.7. The Morgan fingerprint density at radius 1 is 1.08 bits per heavy atom. The van der Waals surface area contributed by atoms with E-state index >= 15 is 0 Å². The number of carbonyl (C=O) groups is 1. The number of aryl methyl sites for hydroxylation is 1. The second-order valence-electron chi connectivity index (χ2n) is 8.51. The zero-order valence-corrected chi connectivity index (χ0v) is 21.5. The van der Waals surface area contributed by atoms with Crippen molar-refractivity contribution in [3.63, 3.8) is 0 Å². The van der Waals surface area contributed by atoms with Gasteiger partial charge in [-0.05, 0) is 47.9 Å². The first-order valence-electron chi connectivity index (χ1n) is 11.5. The van der Waals surface area contributed by atoms with Gasteiger partial charge < -0.3 is 16.4 Å². The van der Waals surface area contributed by atoms with Crippen molar-refractivity contribution in [2.75, 3.05) is 11.1 Å². The van der Waals surface area contributed by atoms with Gasteiger partial charge in [0.15, 0.2) is 0 Å². The molecule has 8 heteroatoms. The Bertz CT molecular complexity index is 1660. The first kappa shape index (κ1) is 24.3. The Balaban J connectivity index is 1.69. The lowest BCUT2D eigenvalue weighted by atomic mass is 10.00. The van der Waals surface area contributed by atoms with E-state index in [-0.39, 0.29) is 17.3 Å². The maximum atomic E-state index is 13.6. The van der Waals surface area contributed by atoms with E-state index in [4.69, 9.17) is 17.3 Å². The number of nitrogens with two attached hydrogens (primary N) is 1. The molecule has 0 aliphatic rings. The number of hydrogen-bond donors (Lipinski definition) is 3. The summed E-state index contributed by atoms with van der Waals surface area (Å²) in [4.78, 5) is 18.2. The van der Waals surface area contributed by atoms with Crippen molar-refractivity contribution < 1.29 is 4.79 Å². The molecule has 0 unspecified atom stereocenters. The van der Waals surface area contributed by atoms with Gasteiger partial charge in [0.25, 0.3) is 5.91 Å². The minimum absolute atomic E-state index is 0.0666. The van der Waals surface area contributed by atoms with E-state index in [0.29, 0.717) is 37.9 Å². The molecule has 0 aliphatic heterocycles. The van der Waals surface area contributed by atoms with E-state index in [1.54, 1.807) is 12.1 Å². The second kappa shape index (κ2) is 10.3. The van der Waals surface area contributed by atoms with Gasteiger partial charge in [0.2, 0.25) is 0 Å². The van der Waals surface area contributed by atoms with Gasteiger partial charge in [-0.3, -0.25) is 4.79 Å². The standard InChI is InChI=1S/C29H22ClN5OS/c1-17-6-5-9-21(14-17)34-29-24(28(36)33-16-18-7-3-2-4-8-18)25-26(37-29)23(22(15-31)27(32)35-25)19-10-12-20(30)13-11-19/h2-14,34H,16H2,1H3,(H2,32,35)(H,33,36). The van der Waals surface area contributed by atoms with Crippen LogP contribution >= 0.6 is 22.9 Å². The number of thiophene rings is 1. The molecule has 5 rings (SSSR count). The number of amides is 1. The summed E-state index contributed by atoms with van der Waals surface area (Å²) in [6.45, 7) is 2.36. The van der Waals surface area contributed by atoms with Gasteiger partial charge in [-0.2, -0.15) is 5.26 Å². The first-order chi connectivity index (χ1) is 17.9. The number of nitrogen functional groups attached to an aromatic ring is 1. The fourth-order valence-corrected chi connectivity index (χ4v) is 5.50. The molecule has 4 N–H and O–H groups in total. The number of anilines is 3. The third-order valence-electron chi connectivity index (χ3n) is 5.89. The van der Waals surface area contributed by atoms with Crippen molar-refractivity contribution in [1.29, 1.82) is 5.26 Å². The van der Waals surface area contributed by atoms with Gasteiger partial charge >= 0.3 is 0 Å². The molecule has 0 saturated carbocycles. The maximum absolute atomic E-state index is 13.6. The SMILES string of the molecule is Cc1cccc(Nc2sc3c(-c4ccc(Cl)cc4)c(C#N)c(N)nc3c2C(=O)NCc2ccccc2)c1. The minimum atomic E-state index is -0.288. The molecular formula is C29H22ClN5OS. The minimum Gasteiger partial charge on any atom is -0.383 e. The second-order valence-corrected chi connectivity index (χ2v) is 9.97. The Morgan fingerprint density at radius 2 is 1.84 bits per heavy atom. The van der Waals surface area contributed by atoms with Gasteiger partial charge in [0.05, 0.1) is 10.2 Å². The average molecular weight is 524 g/mol. The van der Waals surface area contributed by atoms with Gasteiger partial charge in [0, 0.05) is 22.8 Å². The number of pyridine rings is 1. The summed E-state index contributed by atoms with van der Waals surface area (Å²) in [5.74, 6) is -0.221. The van der Waals surface area contributed by atoms with E-state index in [1.165, 1.54) is 11.3 Å². The fraction of sp³-hybridized carbons (Fsp3) is 0.0690. The maximum Gasteiger partial charge on any atom is 0.256 e. The zero-order valence-electron chi connectivity index (χ0n) is 19.9. The quantitative estimate of drug-likeness (QED) is 0.221. The van der Waals surface area contributed by atoms with Crippen LogP contribution in [0.3, 0.4) is 0 Å². The van der Waals surface area contributed by atoms with Crippen molar-refractivity contribution in [2.24, 2.45) is 0 Å². The number of halogens is 1. The van der Waals surface area contributed by atoms with Crippen molar-refractivity contribution in [2.45, 2.75) is 13.5 Å². The van der Waals surface area contributed by atoms with Crippen LogP contribution in [-0.4, -0.2) is 10.9 Å². The lowest BCUT2D eigenvalue weighted by molar-refractivity contribution is 0.0953. The van der Waals surface area contributed by atoms with Gasteiger partial charge in [0.1, 0.15) is 28.0 Å². The summed E-state index contributed by atoms with van der Waals surface area (Å²) in [6.07, 6.45) is 0. The Kier molecular flexibility index (Phi) is 6.78. The Labute approximate surface area is 223 Å². The third-order valence-corrected chi connectivity index (χ3v) is 7.26. The molecule has 3 aromatic carbocycles. The van der Waals surface area contributed by atoms with Crippen LogP contribution in [0, 0.1) is 18.3 Å². The summed E-state index contributed by atoms with van der Waals surface area (Å²) >= 11 is 7.48. The highest BCUT2D eigenvalue weighted by molar-refractivity contribution is 7.24. The molecule has 2 heterocycles. The van der Waals surface area contributed by atoms with Crippen LogP contribution in [0.15, 0.2) is 78.9 Å². The van der Waals surface area contributed by atoms with Gasteiger partial charge in [-0.1, -0.05) is 66.2 Å². The molecule has 0 aliphatic carbocycles. The molecule has 0 spiro atoms. The van der Waals surface area contributed by atoms with E-state index in [1.807, 2.05) is 73.7 Å². The molecular weight excluding hydrogens is 502 g/mol. The smallest absolute Gasteiger partial charge is 0.256 e. The fourth-order valence-electron chi connectivity index (χ4n) is 4.14. The van der Waals surface area contributed by atoms with Crippen LogP contribution < -0.4 is 16.4 Å². The lowest BCUT2D eigenvalue weighted by Crippen LogP contribution is -2.23. The van der Waals surface area contributed by atoms with E-state index in [2.05, 4.69) is 21.7 Å². The number of carbonyl (C=O) groups excluding carboxylic acids is 1. The molecule has 182 valence electrons. The average Bonchev–Trinajstić information content (AvgIpc) is 3.24. The number of hydrogen-bond acceptors (Lipinski definition) is 6. The Hall–Kier alpha value is -4.38. The van der Waals surface area contributed by atoms with Gasteiger partial charge in [-0.25, -0.2) is 4.98 Å². The molecule has 5 aromatic rings. The number of nitriles is 1. The number of rotatable bonds is 6. The number of aromatic nitrogens is 1. The van der Waals surface area contributed by atoms with Gasteiger partial charge in [-0.15, -0.1) is 11.3 Å². The summed E-state index contributed by atoms with van der Waals surface area (Å²) in [5.41, 5.74) is 11.6. The van der Waals surface area contributed by atoms with Crippen LogP contribution in [0.1, 0.15) is 27.0 Å². The monoisotopic (exact) mass is 523 g/mol. The van der Waals surface area contributed by atoms with Crippen LogP contribution in [0.2, 0.25) is 5.02 Å². The molecule has 0 atom stereocenters. The zero-order chi connectivity index (χ0) is 25.9. The molecule has 0 saturated heterocycles. The predicted molar refractivity (Wildman–Crippen MR) is 151 cm³/mol. The summed E-state index contributed by atoms with van der Waals surface area (Å²) in [7, 11) is 0. The molecule has 37 heavy (non-hydrogen) atoms. The highest BCUT2D eigenvalue weighted by atomic mass is 35.5. The Morgan fingerprint density at radius 3 is 2.54 bits per heavy atom. The molecule has 2 aromatic heterocycles. The van der Waals surface area contributed by atoms with E-state index in [9.17, 15) is 10.1 Å². The highest BCUT2D eigenvalue weighted by Gasteiger charge is 2.26. The van der Waals surface area contributed by atoms with Crippen LogP contribution in [0.4, 0.5) is 16.5 Å². The van der Waals surface area contributed by atoms with Crippen LogP contribution in [-0.2, 0) is 6.54 Å². The topological polar surface area (TPSA) is 104 Å². The predicted octanol–water partition coefficient (Wildman–Crippen LogP) is 7.05. The molecule has 0 radical (unpaired) electrons. The van der Waals surface area contributed by atoms with Crippen molar-refractivity contribution in [1.82, 2.24) is 10.3 Å². The summed E-state index contributed by atoms with van der Waals surface area (Å²) in [6, 6.07) is 26.9. The van der Waals surface area contributed by atoms with Crippen molar-refractivity contribution >= 4 is 55.6 Å². The van der Waals surface area contributed by atoms with Crippen molar-refractivity contribution in [3.8, 4) is 17.2 Å². The molecule has 0 fully saturated rings. The number of nitrogens with zero attached hydrogens (tertiary/aromatic N) is 2. The van der Waals surface area contributed by atoms with Crippen LogP contribution in [0.25, 0.3) is 21.3 Å². The van der Waals surface area contributed by atoms with Crippen LogP contribution in [0.5, 0.6) is 0 Å².